The van der Waals surface area contributed by atoms with Crippen LogP contribution >= 0.6 is 0 Å². The zero-order chi connectivity index (χ0) is 9.84. The van der Waals surface area contributed by atoms with Crippen LogP contribution in [-0.2, 0) is 4.79 Å². The lowest BCUT2D eigenvalue weighted by Crippen LogP contribution is -2.31. The first-order valence-electron chi connectivity index (χ1n) is 4.09. The molecule has 72 valence electrons. The highest BCUT2D eigenvalue weighted by Crippen LogP contribution is 2.20. The molecule has 1 rings (SSSR count). The van der Waals surface area contributed by atoms with Gasteiger partial charge in [-0.15, -0.1) is 0 Å². The Balaban J connectivity index is 2.57. The molecular weight excluding hydrogens is 173 g/mol. The predicted octanol–water partition coefficient (Wildman–Crippen LogP) is 1.01. The molecular formula is C9H12FNO2. The lowest BCUT2D eigenvalue weighted by atomic mass is 9.97. The smallest absolute Gasteiger partial charge is 0.320 e. The number of alkyl halides is 1. The van der Waals surface area contributed by atoms with Crippen molar-refractivity contribution in [2.45, 2.75) is 25.1 Å². The van der Waals surface area contributed by atoms with Gasteiger partial charge in [0.05, 0.1) is 0 Å². The summed E-state index contributed by atoms with van der Waals surface area (Å²) in [5.74, 6) is -1.09. The van der Waals surface area contributed by atoms with E-state index in [0.29, 0.717) is 12.0 Å². The largest absolute Gasteiger partial charge is 0.480 e. The maximum Gasteiger partial charge on any atom is 0.320 e. The minimum Gasteiger partial charge on any atom is -0.480 e. The summed E-state index contributed by atoms with van der Waals surface area (Å²) < 4.78 is 13.1. The summed E-state index contributed by atoms with van der Waals surface area (Å²) in [5, 5.41) is 8.51. The number of allylic oxidation sites excluding steroid dienone is 3. The average molecular weight is 185 g/mol. The fourth-order valence-electron chi connectivity index (χ4n) is 1.18. The monoisotopic (exact) mass is 185 g/mol. The summed E-state index contributed by atoms with van der Waals surface area (Å²) in [5.41, 5.74) is 5.75. The van der Waals surface area contributed by atoms with Gasteiger partial charge >= 0.3 is 5.97 Å². The van der Waals surface area contributed by atoms with Crippen LogP contribution in [0.5, 0.6) is 0 Å². The molecule has 0 aromatic heterocycles. The molecule has 0 bridgehead atoms. The lowest BCUT2D eigenvalue weighted by molar-refractivity contribution is -0.138. The minimum atomic E-state index is -1.09. The van der Waals surface area contributed by atoms with Crippen molar-refractivity contribution in [3.63, 3.8) is 0 Å². The molecule has 0 aromatic rings. The summed E-state index contributed by atoms with van der Waals surface area (Å²) in [6, 6.07) is -1.00. The highest BCUT2D eigenvalue weighted by molar-refractivity contribution is 5.73. The van der Waals surface area contributed by atoms with Gasteiger partial charge < -0.3 is 10.8 Å². The van der Waals surface area contributed by atoms with Crippen LogP contribution < -0.4 is 5.73 Å². The van der Waals surface area contributed by atoms with Crippen molar-refractivity contribution in [1.29, 1.82) is 0 Å². The van der Waals surface area contributed by atoms with Crippen LogP contribution in [0.4, 0.5) is 4.39 Å². The molecule has 1 aliphatic rings. The Kier molecular flexibility index (Phi) is 3.19. The van der Waals surface area contributed by atoms with Gasteiger partial charge in [-0.2, -0.15) is 0 Å². The maximum atomic E-state index is 13.1. The van der Waals surface area contributed by atoms with E-state index in [1.54, 1.807) is 18.2 Å². The number of hydrogen-bond acceptors (Lipinski definition) is 2. The highest BCUT2D eigenvalue weighted by atomic mass is 19.1. The van der Waals surface area contributed by atoms with Gasteiger partial charge in [-0.25, -0.2) is 4.39 Å². The molecule has 0 spiro atoms. The molecule has 0 amide bonds. The number of carbonyl (C=O) groups is 1. The second-order valence-corrected chi connectivity index (χ2v) is 3.02. The van der Waals surface area contributed by atoms with Gasteiger partial charge in [0.25, 0.3) is 0 Å². The van der Waals surface area contributed by atoms with E-state index in [4.69, 9.17) is 10.8 Å². The SMILES string of the molecule is N[C@H](CC1=CC=CCC1F)C(=O)O. The maximum absolute atomic E-state index is 13.1. The molecule has 13 heavy (non-hydrogen) atoms. The second kappa shape index (κ2) is 4.18. The molecule has 1 unspecified atom stereocenters. The second-order valence-electron chi connectivity index (χ2n) is 3.02. The third-order valence-electron chi connectivity index (χ3n) is 1.96. The highest BCUT2D eigenvalue weighted by Gasteiger charge is 2.20. The van der Waals surface area contributed by atoms with Crippen molar-refractivity contribution in [2.24, 2.45) is 5.73 Å². The molecule has 0 radical (unpaired) electrons. The number of aliphatic carboxylic acids is 1. The molecule has 2 atom stereocenters. The molecule has 0 aliphatic heterocycles. The first kappa shape index (κ1) is 9.92. The standard InChI is InChI=1S/C9H12FNO2/c10-7-4-2-1-3-6(7)5-8(11)9(12)13/h1-3,7-8H,4-5,11H2,(H,12,13)/t7?,8-/m1/s1. The molecule has 0 saturated carbocycles. The van der Waals surface area contributed by atoms with Crippen molar-refractivity contribution >= 4 is 5.97 Å². The third kappa shape index (κ3) is 2.66. The van der Waals surface area contributed by atoms with Crippen LogP contribution in [0.25, 0.3) is 0 Å². The van der Waals surface area contributed by atoms with Crippen LogP contribution in [-0.4, -0.2) is 23.3 Å². The first-order chi connectivity index (χ1) is 6.11. The first-order valence-corrected chi connectivity index (χ1v) is 4.09. The number of rotatable bonds is 3. The Hall–Kier alpha value is -1.16. The van der Waals surface area contributed by atoms with Gasteiger partial charge in [0.15, 0.2) is 0 Å². The summed E-state index contributed by atoms with van der Waals surface area (Å²) in [6.45, 7) is 0. The summed E-state index contributed by atoms with van der Waals surface area (Å²) in [6.07, 6.45) is 4.35. The van der Waals surface area contributed by atoms with Gasteiger partial charge in [-0.3, -0.25) is 4.79 Å². The molecule has 3 nitrogen and oxygen atoms in total. The molecule has 3 N–H and O–H groups in total. The zero-order valence-corrected chi connectivity index (χ0v) is 7.11. The molecule has 0 aromatic carbocycles. The normalized spacial score (nSPS) is 23.8. The topological polar surface area (TPSA) is 63.3 Å². The Morgan fingerprint density at radius 2 is 2.54 bits per heavy atom. The van der Waals surface area contributed by atoms with Crippen molar-refractivity contribution < 1.29 is 14.3 Å². The van der Waals surface area contributed by atoms with Crippen molar-refractivity contribution in [2.75, 3.05) is 0 Å². The van der Waals surface area contributed by atoms with Gasteiger partial charge in [-0.1, -0.05) is 18.2 Å². The van der Waals surface area contributed by atoms with E-state index in [1.807, 2.05) is 0 Å². The predicted molar refractivity (Wildman–Crippen MR) is 47.0 cm³/mol. The van der Waals surface area contributed by atoms with Crippen LogP contribution in [0, 0.1) is 0 Å². The van der Waals surface area contributed by atoms with Gasteiger partial charge in [-0.05, 0) is 12.0 Å². The van der Waals surface area contributed by atoms with E-state index in [-0.39, 0.29) is 6.42 Å². The summed E-state index contributed by atoms with van der Waals surface area (Å²) >= 11 is 0. The molecule has 0 fully saturated rings. The summed E-state index contributed by atoms with van der Waals surface area (Å²) in [7, 11) is 0. The minimum absolute atomic E-state index is 0.0842. The third-order valence-corrected chi connectivity index (χ3v) is 1.96. The molecule has 1 aliphatic carbocycles. The molecule has 0 saturated heterocycles. The Bertz CT molecular complexity index is 260. The quantitative estimate of drug-likeness (QED) is 0.689. The van der Waals surface area contributed by atoms with E-state index in [2.05, 4.69) is 0 Å². The number of carboxylic acids is 1. The molecule has 0 heterocycles. The van der Waals surface area contributed by atoms with Crippen molar-refractivity contribution in [3.05, 3.63) is 23.8 Å². The van der Waals surface area contributed by atoms with E-state index in [1.165, 1.54) is 0 Å². The fourth-order valence-corrected chi connectivity index (χ4v) is 1.18. The van der Waals surface area contributed by atoms with Crippen LogP contribution in [0.15, 0.2) is 23.8 Å². The Labute approximate surface area is 75.7 Å². The number of halogens is 1. The van der Waals surface area contributed by atoms with E-state index < -0.39 is 18.2 Å². The van der Waals surface area contributed by atoms with Gasteiger partial charge in [0.2, 0.25) is 0 Å². The van der Waals surface area contributed by atoms with E-state index in [0.717, 1.165) is 0 Å². The van der Waals surface area contributed by atoms with Crippen LogP contribution in [0.2, 0.25) is 0 Å². The number of hydrogen-bond donors (Lipinski definition) is 2. The Morgan fingerprint density at radius 1 is 1.85 bits per heavy atom. The lowest BCUT2D eigenvalue weighted by Gasteiger charge is -2.15. The van der Waals surface area contributed by atoms with E-state index >= 15 is 0 Å². The number of carboxylic acid groups (broad SMARTS) is 1. The van der Waals surface area contributed by atoms with Crippen molar-refractivity contribution in [1.82, 2.24) is 0 Å². The fraction of sp³-hybridized carbons (Fsp3) is 0.444. The Morgan fingerprint density at radius 3 is 3.08 bits per heavy atom. The van der Waals surface area contributed by atoms with Crippen LogP contribution in [0.1, 0.15) is 12.8 Å². The number of nitrogens with two attached hydrogens (primary N) is 1. The van der Waals surface area contributed by atoms with Crippen molar-refractivity contribution in [3.8, 4) is 0 Å². The van der Waals surface area contributed by atoms with Gasteiger partial charge in [0.1, 0.15) is 12.2 Å². The average Bonchev–Trinajstić information content (AvgIpc) is 2.08. The van der Waals surface area contributed by atoms with Gasteiger partial charge in [0, 0.05) is 6.42 Å². The van der Waals surface area contributed by atoms with Crippen LogP contribution in [0.3, 0.4) is 0 Å². The summed E-state index contributed by atoms with van der Waals surface area (Å²) in [4.78, 5) is 10.4. The van der Waals surface area contributed by atoms with E-state index in [9.17, 15) is 9.18 Å². The molecule has 4 heteroatoms. The zero-order valence-electron chi connectivity index (χ0n) is 7.11.